The van der Waals surface area contributed by atoms with Crippen molar-refractivity contribution >= 4 is 11.3 Å². The molecule has 0 unspecified atom stereocenters. The zero-order chi connectivity index (χ0) is 10.8. The van der Waals surface area contributed by atoms with Crippen LogP contribution >= 0.6 is 11.3 Å². The maximum Gasteiger partial charge on any atom is 0.0794 e. The summed E-state index contributed by atoms with van der Waals surface area (Å²) in [6, 6.07) is 0.711. The Kier molecular flexibility index (Phi) is 3.22. The predicted molar refractivity (Wildman–Crippen MR) is 66.7 cm³/mol. The van der Waals surface area contributed by atoms with E-state index in [0.29, 0.717) is 6.04 Å². The van der Waals surface area contributed by atoms with Gasteiger partial charge in [-0.15, -0.1) is 11.3 Å². The van der Waals surface area contributed by atoms with Gasteiger partial charge in [-0.25, -0.2) is 0 Å². The largest absolute Gasteiger partial charge is 0.301 e. The van der Waals surface area contributed by atoms with Crippen LogP contribution in [0, 0.1) is 0 Å². The van der Waals surface area contributed by atoms with Crippen molar-refractivity contribution in [1.29, 1.82) is 0 Å². The fourth-order valence-corrected chi connectivity index (χ4v) is 3.31. The molecule has 1 aliphatic heterocycles. The number of rotatable bonds is 4. The van der Waals surface area contributed by atoms with Crippen LogP contribution in [0.1, 0.15) is 36.5 Å². The van der Waals surface area contributed by atoms with Crippen molar-refractivity contribution < 1.29 is 0 Å². The Morgan fingerprint density at radius 1 is 1.38 bits per heavy atom. The molecule has 1 aliphatic carbocycles. The van der Waals surface area contributed by atoms with Crippen molar-refractivity contribution in [3.05, 3.63) is 16.6 Å². The van der Waals surface area contributed by atoms with Crippen LogP contribution in [0.3, 0.4) is 0 Å². The summed E-state index contributed by atoms with van der Waals surface area (Å²) in [6.07, 6.45) is 7.51. The monoisotopic (exact) mass is 237 g/mol. The van der Waals surface area contributed by atoms with Crippen molar-refractivity contribution in [1.82, 2.24) is 15.2 Å². The average Bonchev–Trinajstić information content (AvgIpc) is 2.90. The third-order valence-corrected chi connectivity index (χ3v) is 4.54. The minimum atomic E-state index is 0.711. The molecule has 4 heteroatoms. The minimum Gasteiger partial charge on any atom is -0.301 e. The maximum absolute atomic E-state index is 4.15. The van der Waals surface area contributed by atoms with Gasteiger partial charge in [-0.1, -0.05) is 6.42 Å². The van der Waals surface area contributed by atoms with Crippen LogP contribution in [0.4, 0.5) is 0 Å². The number of piperidine rings is 1. The zero-order valence-electron chi connectivity index (χ0n) is 9.56. The Morgan fingerprint density at radius 3 is 3.00 bits per heavy atom. The molecule has 3 nitrogen and oxygen atoms in total. The van der Waals surface area contributed by atoms with Gasteiger partial charge in [0.05, 0.1) is 5.51 Å². The first-order valence-corrected chi connectivity index (χ1v) is 7.15. The van der Waals surface area contributed by atoms with Crippen LogP contribution in [0.5, 0.6) is 0 Å². The highest BCUT2D eigenvalue weighted by Crippen LogP contribution is 2.42. The number of thiazole rings is 1. The highest BCUT2D eigenvalue weighted by molar-refractivity contribution is 7.09. The van der Waals surface area contributed by atoms with E-state index in [4.69, 9.17) is 0 Å². The molecule has 1 saturated heterocycles. The van der Waals surface area contributed by atoms with Gasteiger partial charge in [0.2, 0.25) is 0 Å². The topological polar surface area (TPSA) is 28.2 Å². The summed E-state index contributed by atoms with van der Waals surface area (Å²) >= 11 is 1.79. The van der Waals surface area contributed by atoms with Gasteiger partial charge >= 0.3 is 0 Å². The fourth-order valence-electron chi connectivity index (χ4n) is 2.51. The van der Waals surface area contributed by atoms with Crippen molar-refractivity contribution in [3.63, 3.8) is 0 Å². The molecule has 88 valence electrons. The lowest BCUT2D eigenvalue weighted by Gasteiger charge is -2.26. The molecular formula is C12H19N3S. The Hall–Kier alpha value is -0.450. The number of nitrogens with zero attached hydrogens (tertiary/aromatic N) is 2. The molecule has 16 heavy (non-hydrogen) atoms. The van der Waals surface area contributed by atoms with E-state index in [9.17, 15) is 0 Å². The van der Waals surface area contributed by atoms with Gasteiger partial charge in [0.15, 0.2) is 0 Å². The van der Waals surface area contributed by atoms with Gasteiger partial charge in [-0.2, -0.15) is 0 Å². The fraction of sp³-hybridized carbons (Fsp3) is 0.750. The molecular weight excluding hydrogens is 218 g/mol. The molecule has 1 aromatic heterocycles. The first kappa shape index (κ1) is 10.7. The maximum atomic E-state index is 4.15. The molecule has 2 heterocycles. The third kappa shape index (κ3) is 2.44. The van der Waals surface area contributed by atoms with Crippen molar-refractivity contribution in [2.75, 3.05) is 19.8 Å². The molecule has 2 aliphatic rings. The van der Waals surface area contributed by atoms with E-state index in [1.54, 1.807) is 11.3 Å². The average molecular weight is 237 g/mol. The van der Waals surface area contributed by atoms with Gasteiger partial charge in [-0.05, 0) is 32.4 Å². The van der Waals surface area contributed by atoms with Crippen molar-refractivity contribution in [2.45, 2.75) is 37.6 Å². The molecule has 1 N–H and O–H groups in total. The lowest BCUT2D eigenvalue weighted by Crippen LogP contribution is -2.38. The summed E-state index contributed by atoms with van der Waals surface area (Å²) in [5, 5.41) is 3.67. The Bertz CT molecular complexity index is 319. The molecule has 2 atom stereocenters. The zero-order valence-corrected chi connectivity index (χ0v) is 10.4. The summed E-state index contributed by atoms with van der Waals surface area (Å²) in [5.41, 5.74) is 1.94. The summed E-state index contributed by atoms with van der Waals surface area (Å²) in [4.78, 5) is 8.15. The molecule has 0 bridgehead atoms. The molecule has 0 radical (unpaired) electrons. The van der Waals surface area contributed by atoms with Gasteiger partial charge in [0.25, 0.3) is 0 Å². The second kappa shape index (κ2) is 4.82. The first-order chi connectivity index (χ1) is 7.93. The van der Waals surface area contributed by atoms with E-state index in [0.717, 1.165) is 12.6 Å². The van der Waals surface area contributed by atoms with E-state index < -0.39 is 0 Å². The molecule has 0 amide bonds. The summed E-state index contributed by atoms with van der Waals surface area (Å²) in [6.45, 7) is 3.65. The van der Waals surface area contributed by atoms with Crippen LogP contribution in [-0.4, -0.2) is 35.7 Å². The lowest BCUT2D eigenvalue weighted by atomic mass is 10.1. The second-order valence-electron chi connectivity index (χ2n) is 4.89. The van der Waals surface area contributed by atoms with Crippen molar-refractivity contribution in [3.8, 4) is 0 Å². The van der Waals surface area contributed by atoms with Crippen LogP contribution < -0.4 is 5.32 Å². The first-order valence-electron chi connectivity index (χ1n) is 6.27. The highest BCUT2D eigenvalue weighted by atomic mass is 32.1. The minimum absolute atomic E-state index is 0.711. The molecule has 0 spiro atoms. The van der Waals surface area contributed by atoms with Gasteiger partial charge in [-0.3, -0.25) is 9.88 Å². The summed E-state index contributed by atoms with van der Waals surface area (Å²) < 4.78 is 0. The summed E-state index contributed by atoms with van der Waals surface area (Å²) in [7, 11) is 0. The van der Waals surface area contributed by atoms with E-state index in [1.165, 1.54) is 43.6 Å². The Morgan fingerprint density at radius 2 is 2.25 bits per heavy atom. The molecule has 1 saturated carbocycles. The number of hydrogen-bond acceptors (Lipinski definition) is 4. The number of nitrogens with one attached hydrogen (secondary N) is 1. The van der Waals surface area contributed by atoms with Gasteiger partial charge in [0.1, 0.15) is 0 Å². The SMILES string of the molecule is c1ncc([C@@H]2C[C@H]2NCN2CCCCC2)s1. The highest BCUT2D eigenvalue weighted by Gasteiger charge is 2.39. The van der Waals surface area contributed by atoms with E-state index in [1.807, 2.05) is 11.7 Å². The number of aromatic nitrogens is 1. The normalized spacial score (nSPS) is 30.5. The predicted octanol–water partition coefficient (Wildman–Crippen LogP) is 2.03. The Balaban J connectivity index is 1.41. The third-order valence-electron chi connectivity index (χ3n) is 3.63. The van der Waals surface area contributed by atoms with Crippen LogP contribution in [0.25, 0.3) is 0 Å². The van der Waals surface area contributed by atoms with Crippen molar-refractivity contribution in [2.24, 2.45) is 0 Å². The number of hydrogen-bond donors (Lipinski definition) is 1. The lowest BCUT2D eigenvalue weighted by molar-refractivity contribution is 0.211. The van der Waals surface area contributed by atoms with Crippen LogP contribution in [0.2, 0.25) is 0 Å². The van der Waals surface area contributed by atoms with E-state index in [-0.39, 0.29) is 0 Å². The van der Waals surface area contributed by atoms with E-state index >= 15 is 0 Å². The molecule has 1 aromatic rings. The molecule has 3 rings (SSSR count). The smallest absolute Gasteiger partial charge is 0.0794 e. The number of likely N-dealkylation sites (tertiary alicyclic amines) is 1. The van der Waals surface area contributed by atoms with E-state index in [2.05, 4.69) is 15.2 Å². The standard InChI is InChI=1S/C12H19N3S/c1-2-4-15(5-3-1)8-14-11-6-10(11)12-7-13-9-16-12/h7,9-11,14H,1-6,8H2/t10-,11-/m1/s1. The molecule has 0 aromatic carbocycles. The quantitative estimate of drug-likeness (QED) is 0.868. The molecule has 2 fully saturated rings. The Labute approximate surface area is 101 Å². The van der Waals surface area contributed by atoms with Gasteiger partial charge in [0, 0.05) is 29.7 Å². The van der Waals surface area contributed by atoms with Crippen LogP contribution in [0.15, 0.2) is 11.7 Å². The van der Waals surface area contributed by atoms with Crippen LogP contribution in [-0.2, 0) is 0 Å². The second-order valence-corrected chi connectivity index (χ2v) is 5.81. The van der Waals surface area contributed by atoms with Gasteiger partial charge < -0.3 is 5.32 Å². The summed E-state index contributed by atoms with van der Waals surface area (Å²) in [5.74, 6) is 0.747.